The molecular weight excluding hydrogens is 236 g/mol. The number of hydrogen-bond donors (Lipinski definition) is 2. The summed E-state index contributed by atoms with van der Waals surface area (Å²) in [4.78, 5) is 10.4. The van der Waals surface area contributed by atoms with Crippen LogP contribution in [0.1, 0.15) is 25.7 Å². The Morgan fingerprint density at radius 3 is 2.63 bits per heavy atom. The number of anilines is 1. The zero-order valence-corrected chi connectivity index (χ0v) is 11.7. The van der Waals surface area contributed by atoms with Gasteiger partial charge in [0.25, 0.3) is 0 Å². The number of benzene rings is 1. The molecule has 102 valence electrons. The molecule has 1 aromatic heterocycles. The highest BCUT2D eigenvalue weighted by molar-refractivity contribution is 5.77. The van der Waals surface area contributed by atoms with E-state index in [0.29, 0.717) is 12.1 Å². The molecule has 0 amide bonds. The van der Waals surface area contributed by atoms with E-state index in [4.69, 9.17) is 0 Å². The van der Waals surface area contributed by atoms with Crippen LogP contribution in [0.4, 0.5) is 5.95 Å². The van der Waals surface area contributed by atoms with Crippen LogP contribution in [0, 0.1) is 0 Å². The number of nitrogens with one attached hydrogen (secondary N) is 2. The van der Waals surface area contributed by atoms with Crippen LogP contribution in [-0.4, -0.2) is 36.1 Å². The van der Waals surface area contributed by atoms with Crippen LogP contribution in [0.25, 0.3) is 11.0 Å². The molecule has 1 fully saturated rings. The minimum Gasteiger partial charge on any atom is -0.342 e. The van der Waals surface area contributed by atoms with E-state index in [9.17, 15) is 0 Å². The fourth-order valence-corrected chi connectivity index (χ4v) is 3.03. The molecule has 0 spiro atoms. The van der Waals surface area contributed by atoms with Crippen LogP contribution < -0.4 is 10.2 Å². The second-order valence-electron chi connectivity index (χ2n) is 5.48. The molecule has 1 aromatic carbocycles. The number of fused-ring (bicyclic) bond motifs is 1. The van der Waals surface area contributed by atoms with Crippen LogP contribution in [0.3, 0.4) is 0 Å². The van der Waals surface area contributed by atoms with Crippen molar-refractivity contribution < 1.29 is 0 Å². The zero-order chi connectivity index (χ0) is 13.2. The second-order valence-corrected chi connectivity index (χ2v) is 5.48. The minimum absolute atomic E-state index is 0.602. The molecule has 1 heterocycles. The van der Waals surface area contributed by atoms with E-state index in [1.807, 2.05) is 12.1 Å². The van der Waals surface area contributed by atoms with Crippen molar-refractivity contribution in [2.24, 2.45) is 0 Å². The molecule has 2 aromatic rings. The Morgan fingerprint density at radius 1 is 1.21 bits per heavy atom. The van der Waals surface area contributed by atoms with Gasteiger partial charge in [0.2, 0.25) is 5.95 Å². The van der Waals surface area contributed by atoms with Gasteiger partial charge in [0.1, 0.15) is 0 Å². The van der Waals surface area contributed by atoms with Crippen LogP contribution in [0.5, 0.6) is 0 Å². The van der Waals surface area contributed by atoms with Gasteiger partial charge < -0.3 is 15.2 Å². The van der Waals surface area contributed by atoms with Crippen LogP contribution in [0.15, 0.2) is 24.3 Å². The summed E-state index contributed by atoms with van der Waals surface area (Å²) in [5.74, 6) is 0.995. The van der Waals surface area contributed by atoms with Crippen molar-refractivity contribution in [1.82, 2.24) is 15.3 Å². The third kappa shape index (κ3) is 2.45. The topological polar surface area (TPSA) is 44.0 Å². The standard InChI is InChI=1S/C15H22N4/c1-16-11-7-9-12(10-8-11)19(2)15-17-13-5-3-4-6-14(13)18-15/h3-6,11-12,16H,7-10H2,1-2H3,(H,17,18). The van der Waals surface area contributed by atoms with Crippen molar-refractivity contribution in [2.45, 2.75) is 37.8 Å². The molecule has 0 radical (unpaired) electrons. The molecule has 2 N–H and O–H groups in total. The predicted octanol–water partition coefficient (Wildman–Crippen LogP) is 2.53. The maximum Gasteiger partial charge on any atom is 0.203 e. The Balaban J connectivity index is 1.74. The van der Waals surface area contributed by atoms with Crippen molar-refractivity contribution in [3.63, 3.8) is 0 Å². The molecule has 4 heteroatoms. The van der Waals surface area contributed by atoms with E-state index < -0.39 is 0 Å². The maximum atomic E-state index is 4.68. The number of rotatable bonds is 3. The molecule has 0 atom stereocenters. The lowest BCUT2D eigenvalue weighted by Gasteiger charge is -2.34. The first-order valence-electron chi connectivity index (χ1n) is 7.13. The summed E-state index contributed by atoms with van der Waals surface area (Å²) < 4.78 is 0. The van der Waals surface area contributed by atoms with E-state index in [-0.39, 0.29) is 0 Å². The first-order valence-corrected chi connectivity index (χ1v) is 7.13. The highest BCUT2D eigenvalue weighted by Gasteiger charge is 2.24. The zero-order valence-electron chi connectivity index (χ0n) is 11.7. The summed E-state index contributed by atoms with van der Waals surface area (Å²) in [7, 11) is 4.22. The van der Waals surface area contributed by atoms with Gasteiger partial charge in [-0.25, -0.2) is 4.98 Å². The number of nitrogens with zero attached hydrogens (tertiary/aromatic N) is 2. The molecule has 1 aliphatic rings. The smallest absolute Gasteiger partial charge is 0.203 e. The van der Waals surface area contributed by atoms with Gasteiger partial charge in [-0.1, -0.05) is 12.1 Å². The molecule has 0 unspecified atom stereocenters. The molecule has 19 heavy (non-hydrogen) atoms. The predicted molar refractivity (Wildman–Crippen MR) is 79.6 cm³/mol. The van der Waals surface area contributed by atoms with Crippen molar-refractivity contribution in [3.05, 3.63) is 24.3 Å². The summed E-state index contributed by atoms with van der Waals surface area (Å²) in [5.41, 5.74) is 2.17. The SMILES string of the molecule is CNC1CCC(N(C)c2nc3ccccc3[nH]2)CC1. The molecule has 4 nitrogen and oxygen atoms in total. The minimum atomic E-state index is 0.602. The normalized spacial score (nSPS) is 23.7. The third-order valence-electron chi connectivity index (χ3n) is 4.36. The third-order valence-corrected chi connectivity index (χ3v) is 4.36. The summed E-state index contributed by atoms with van der Waals surface area (Å²) in [6, 6.07) is 9.51. The summed E-state index contributed by atoms with van der Waals surface area (Å²) >= 11 is 0. The summed E-state index contributed by atoms with van der Waals surface area (Å²) in [5, 5.41) is 3.38. The van der Waals surface area contributed by atoms with Crippen molar-refractivity contribution in [3.8, 4) is 0 Å². The Hall–Kier alpha value is -1.55. The number of H-pyrrole nitrogens is 1. The lowest BCUT2D eigenvalue weighted by Crippen LogP contribution is -2.40. The van der Waals surface area contributed by atoms with E-state index in [0.717, 1.165) is 17.0 Å². The lowest BCUT2D eigenvalue weighted by molar-refractivity contribution is 0.350. The largest absolute Gasteiger partial charge is 0.342 e. The number of aromatic amines is 1. The highest BCUT2D eigenvalue weighted by atomic mass is 15.3. The Morgan fingerprint density at radius 2 is 1.95 bits per heavy atom. The Labute approximate surface area is 114 Å². The van der Waals surface area contributed by atoms with Gasteiger partial charge in [-0.15, -0.1) is 0 Å². The van der Waals surface area contributed by atoms with Gasteiger partial charge in [-0.3, -0.25) is 0 Å². The summed E-state index contributed by atoms with van der Waals surface area (Å²) in [6.45, 7) is 0. The van der Waals surface area contributed by atoms with Crippen molar-refractivity contribution in [1.29, 1.82) is 0 Å². The quantitative estimate of drug-likeness (QED) is 0.889. The fraction of sp³-hybridized carbons (Fsp3) is 0.533. The Kier molecular flexibility index (Phi) is 3.42. The fourth-order valence-electron chi connectivity index (χ4n) is 3.03. The average molecular weight is 258 g/mol. The van der Waals surface area contributed by atoms with Gasteiger partial charge in [-0.05, 0) is 44.9 Å². The Bertz CT molecular complexity index is 507. The molecule has 1 aliphatic carbocycles. The monoisotopic (exact) mass is 258 g/mol. The second kappa shape index (κ2) is 5.21. The van der Waals surface area contributed by atoms with Crippen LogP contribution in [0.2, 0.25) is 0 Å². The molecule has 0 bridgehead atoms. The van der Waals surface area contributed by atoms with Gasteiger partial charge >= 0.3 is 0 Å². The van der Waals surface area contributed by atoms with E-state index >= 15 is 0 Å². The molecule has 3 rings (SSSR count). The van der Waals surface area contributed by atoms with E-state index in [1.54, 1.807) is 0 Å². The number of aromatic nitrogens is 2. The van der Waals surface area contributed by atoms with Gasteiger partial charge in [0, 0.05) is 19.1 Å². The van der Waals surface area contributed by atoms with Gasteiger partial charge in [-0.2, -0.15) is 0 Å². The molecule has 0 saturated heterocycles. The molecular formula is C15H22N4. The lowest BCUT2D eigenvalue weighted by atomic mass is 9.90. The first-order chi connectivity index (χ1) is 9.28. The van der Waals surface area contributed by atoms with Crippen molar-refractivity contribution in [2.75, 3.05) is 19.0 Å². The van der Waals surface area contributed by atoms with Crippen molar-refractivity contribution >= 4 is 17.0 Å². The molecule has 0 aliphatic heterocycles. The van der Waals surface area contributed by atoms with Gasteiger partial charge in [0.05, 0.1) is 11.0 Å². The van der Waals surface area contributed by atoms with E-state index in [1.165, 1.54) is 25.7 Å². The number of hydrogen-bond acceptors (Lipinski definition) is 3. The van der Waals surface area contributed by atoms with Crippen LogP contribution >= 0.6 is 0 Å². The molecule has 1 saturated carbocycles. The maximum absolute atomic E-state index is 4.68. The van der Waals surface area contributed by atoms with Crippen LogP contribution in [-0.2, 0) is 0 Å². The average Bonchev–Trinajstić information content (AvgIpc) is 2.90. The first kappa shape index (κ1) is 12.5. The summed E-state index contributed by atoms with van der Waals surface area (Å²) in [6.07, 6.45) is 4.98. The van der Waals surface area contributed by atoms with E-state index in [2.05, 4.69) is 46.4 Å². The number of para-hydroxylation sites is 2. The number of imidazole rings is 1. The highest BCUT2D eigenvalue weighted by Crippen LogP contribution is 2.26. The van der Waals surface area contributed by atoms with Gasteiger partial charge in [0.15, 0.2) is 0 Å².